The van der Waals surface area contributed by atoms with E-state index in [4.69, 9.17) is 9.47 Å². The van der Waals surface area contributed by atoms with Gasteiger partial charge in [-0.3, -0.25) is 4.79 Å². The molecule has 0 saturated heterocycles. The summed E-state index contributed by atoms with van der Waals surface area (Å²) in [6, 6.07) is 3.59. The molecule has 0 unspecified atom stereocenters. The first-order chi connectivity index (χ1) is 7.22. The molecule has 0 heterocycles. The zero-order chi connectivity index (χ0) is 11.3. The van der Waals surface area contributed by atoms with Crippen molar-refractivity contribution in [2.24, 2.45) is 0 Å². The van der Waals surface area contributed by atoms with E-state index >= 15 is 0 Å². The van der Waals surface area contributed by atoms with Gasteiger partial charge >= 0.3 is 0 Å². The molecule has 0 aliphatic rings. The Morgan fingerprint density at radius 2 is 1.80 bits per heavy atom. The van der Waals surface area contributed by atoms with E-state index < -0.39 is 0 Å². The van der Waals surface area contributed by atoms with Crippen molar-refractivity contribution < 1.29 is 14.3 Å². The lowest BCUT2D eigenvalue weighted by atomic mass is 10.2. The third-order valence-corrected chi connectivity index (χ3v) is 2.54. The summed E-state index contributed by atoms with van der Waals surface area (Å²) in [4.78, 5) is 10.2. The molecule has 0 amide bonds. The quantitative estimate of drug-likeness (QED) is 0.624. The minimum Gasteiger partial charge on any atom is -0.493 e. The monoisotopic (exact) mass is 270 g/mol. The summed E-state index contributed by atoms with van der Waals surface area (Å²) in [5.74, 6) is 1.28. The fourth-order valence-electron chi connectivity index (χ4n) is 1.14. The molecule has 3 nitrogen and oxygen atoms in total. The molecule has 1 aromatic rings. The van der Waals surface area contributed by atoms with Gasteiger partial charge in [0.25, 0.3) is 0 Å². The van der Waals surface area contributed by atoms with Gasteiger partial charge in [0.15, 0.2) is 11.5 Å². The number of allylic oxidation sites excluding steroid dienone is 1. The van der Waals surface area contributed by atoms with Crippen molar-refractivity contribution in [3.8, 4) is 11.5 Å². The Morgan fingerprint density at radius 3 is 2.33 bits per heavy atom. The Balaban J connectivity index is 3.19. The molecule has 0 saturated carbocycles. The van der Waals surface area contributed by atoms with Crippen LogP contribution >= 0.6 is 15.9 Å². The summed E-state index contributed by atoms with van der Waals surface area (Å²) in [5.41, 5.74) is 0.861. The van der Waals surface area contributed by atoms with Gasteiger partial charge in [-0.2, -0.15) is 0 Å². The minimum atomic E-state index is 0.631. The molecule has 0 spiro atoms. The fourth-order valence-corrected chi connectivity index (χ4v) is 1.60. The number of hydrogen-bond acceptors (Lipinski definition) is 3. The summed E-state index contributed by atoms with van der Waals surface area (Å²) in [5, 5.41) is 0. The van der Waals surface area contributed by atoms with Gasteiger partial charge in [-0.15, -0.1) is 0 Å². The topological polar surface area (TPSA) is 35.5 Å². The number of carbonyl (C=O) groups is 1. The lowest BCUT2D eigenvalue weighted by Gasteiger charge is -2.09. The van der Waals surface area contributed by atoms with Crippen LogP contribution in [0.4, 0.5) is 0 Å². The highest BCUT2D eigenvalue weighted by Crippen LogP contribution is 2.33. The van der Waals surface area contributed by atoms with Crippen molar-refractivity contribution in [3.63, 3.8) is 0 Å². The predicted octanol–water partition coefficient (Wildman–Crippen LogP) is 2.68. The highest BCUT2D eigenvalue weighted by molar-refractivity contribution is 9.10. The number of methoxy groups -OCH3 is 2. The van der Waals surface area contributed by atoms with Gasteiger partial charge in [0, 0.05) is 4.47 Å². The van der Waals surface area contributed by atoms with Gasteiger partial charge in [-0.1, -0.05) is 22.0 Å². The van der Waals surface area contributed by atoms with E-state index in [1.165, 1.54) is 6.08 Å². The zero-order valence-corrected chi connectivity index (χ0v) is 10.1. The summed E-state index contributed by atoms with van der Waals surface area (Å²) >= 11 is 3.38. The van der Waals surface area contributed by atoms with Gasteiger partial charge in [-0.25, -0.2) is 0 Å². The van der Waals surface area contributed by atoms with Crippen molar-refractivity contribution in [2.45, 2.75) is 0 Å². The van der Waals surface area contributed by atoms with Crippen LogP contribution in [-0.4, -0.2) is 20.5 Å². The minimum absolute atomic E-state index is 0.631. The second-order valence-electron chi connectivity index (χ2n) is 2.72. The summed E-state index contributed by atoms with van der Waals surface area (Å²) < 4.78 is 11.1. The number of carbonyl (C=O) groups excluding carboxylic acids is 1. The van der Waals surface area contributed by atoms with Crippen LogP contribution in [-0.2, 0) is 4.79 Å². The number of ether oxygens (including phenoxy) is 2. The van der Waals surface area contributed by atoms with Crippen LogP contribution in [0.15, 0.2) is 22.7 Å². The van der Waals surface area contributed by atoms with Gasteiger partial charge in [0.2, 0.25) is 0 Å². The average Bonchev–Trinajstić information content (AvgIpc) is 2.27. The molecular formula is C11H11BrO3. The third-order valence-electron chi connectivity index (χ3n) is 1.86. The molecule has 0 atom stereocenters. The Bertz CT molecular complexity index is 386. The van der Waals surface area contributed by atoms with E-state index in [1.54, 1.807) is 32.4 Å². The van der Waals surface area contributed by atoms with E-state index in [2.05, 4.69) is 15.9 Å². The lowest BCUT2D eigenvalue weighted by Crippen LogP contribution is -1.91. The third kappa shape index (κ3) is 2.83. The zero-order valence-electron chi connectivity index (χ0n) is 8.49. The van der Waals surface area contributed by atoms with E-state index in [0.29, 0.717) is 11.5 Å². The number of benzene rings is 1. The maximum Gasteiger partial charge on any atom is 0.161 e. The van der Waals surface area contributed by atoms with Crippen molar-refractivity contribution >= 4 is 28.3 Å². The molecule has 1 rings (SSSR count). The number of hydrogen-bond donors (Lipinski definition) is 0. The molecule has 0 aliphatic heterocycles. The Kier molecular flexibility index (Phi) is 4.37. The Hall–Kier alpha value is -1.29. The normalized spacial score (nSPS) is 10.3. The number of rotatable bonds is 4. The van der Waals surface area contributed by atoms with Crippen molar-refractivity contribution in [1.82, 2.24) is 0 Å². The van der Waals surface area contributed by atoms with Crippen LogP contribution in [0, 0.1) is 0 Å². The summed E-state index contributed by atoms with van der Waals surface area (Å²) in [6.07, 6.45) is 3.84. The molecule has 0 fully saturated rings. The second kappa shape index (κ2) is 5.56. The summed E-state index contributed by atoms with van der Waals surface area (Å²) in [7, 11) is 3.14. The van der Waals surface area contributed by atoms with E-state index in [1.807, 2.05) is 0 Å². The first kappa shape index (κ1) is 11.8. The first-order valence-corrected chi connectivity index (χ1v) is 5.05. The standard InChI is InChI=1S/C11H11BrO3/c1-14-10-6-8(4-3-5-13)9(12)7-11(10)15-2/h3-7H,1-2H3. The van der Waals surface area contributed by atoms with E-state index in [9.17, 15) is 4.79 Å². The maximum absolute atomic E-state index is 10.2. The van der Waals surface area contributed by atoms with Crippen LogP contribution < -0.4 is 9.47 Å². The predicted molar refractivity (Wildman–Crippen MR) is 62.3 cm³/mol. The molecule has 0 aromatic heterocycles. The van der Waals surface area contributed by atoms with Crippen LogP contribution in [0.2, 0.25) is 0 Å². The Morgan fingerprint density at radius 1 is 1.20 bits per heavy atom. The van der Waals surface area contributed by atoms with E-state index in [-0.39, 0.29) is 0 Å². The smallest absolute Gasteiger partial charge is 0.161 e. The highest BCUT2D eigenvalue weighted by Gasteiger charge is 2.07. The average molecular weight is 271 g/mol. The number of aldehydes is 1. The van der Waals surface area contributed by atoms with Crippen LogP contribution in [0.3, 0.4) is 0 Å². The van der Waals surface area contributed by atoms with Gasteiger partial charge in [0.05, 0.1) is 14.2 Å². The number of halogens is 1. The van der Waals surface area contributed by atoms with Crippen molar-refractivity contribution in [2.75, 3.05) is 14.2 Å². The summed E-state index contributed by atoms with van der Waals surface area (Å²) in [6.45, 7) is 0. The molecule has 0 radical (unpaired) electrons. The van der Waals surface area contributed by atoms with Crippen LogP contribution in [0.5, 0.6) is 11.5 Å². The van der Waals surface area contributed by atoms with Crippen LogP contribution in [0.25, 0.3) is 6.08 Å². The molecule has 0 aliphatic carbocycles. The first-order valence-electron chi connectivity index (χ1n) is 4.26. The molecular weight excluding hydrogens is 260 g/mol. The maximum atomic E-state index is 10.2. The Labute approximate surface area is 96.8 Å². The second-order valence-corrected chi connectivity index (χ2v) is 3.58. The molecule has 15 heavy (non-hydrogen) atoms. The molecule has 0 bridgehead atoms. The van der Waals surface area contributed by atoms with Crippen molar-refractivity contribution in [3.05, 3.63) is 28.2 Å². The van der Waals surface area contributed by atoms with Gasteiger partial charge in [-0.05, 0) is 23.8 Å². The van der Waals surface area contributed by atoms with Crippen molar-refractivity contribution in [1.29, 1.82) is 0 Å². The van der Waals surface area contributed by atoms with Crippen LogP contribution in [0.1, 0.15) is 5.56 Å². The lowest BCUT2D eigenvalue weighted by molar-refractivity contribution is -0.104. The largest absolute Gasteiger partial charge is 0.493 e. The molecule has 80 valence electrons. The molecule has 1 aromatic carbocycles. The fraction of sp³-hybridized carbons (Fsp3) is 0.182. The molecule has 0 N–H and O–H groups in total. The van der Waals surface area contributed by atoms with E-state index in [0.717, 1.165) is 16.3 Å². The van der Waals surface area contributed by atoms with Gasteiger partial charge in [0.1, 0.15) is 6.29 Å². The molecule has 4 heteroatoms. The SMILES string of the molecule is COc1cc(Br)c(C=CC=O)cc1OC. The van der Waals surface area contributed by atoms with Gasteiger partial charge < -0.3 is 9.47 Å². The highest BCUT2D eigenvalue weighted by atomic mass is 79.9.